The van der Waals surface area contributed by atoms with Gasteiger partial charge in [-0.2, -0.15) is 0 Å². The molecule has 2 atom stereocenters. The smallest absolute Gasteiger partial charge is 0.236 e. The number of nitrogens with one attached hydrogen (secondary N) is 2. The third-order valence-corrected chi connectivity index (χ3v) is 7.50. The van der Waals surface area contributed by atoms with E-state index in [4.69, 9.17) is 4.74 Å². The summed E-state index contributed by atoms with van der Waals surface area (Å²) in [5.41, 5.74) is 3.13. The largest absolute Gasteiger partial charge is 0.489 e. The SMILES string of the molecule is CN(C)CCN(C)c1ccc2c(c1)CNCC(=O)N1CC[C@@H](CC(=O)NCc3cccnc3)[C@@H](/C=C/CO2)C1. The number of piperidine rings is 1. The Morgan fingerprint density at radius 1 is 1.21 bits per heavy atom. The summed E-state index contributed by atoms with van der Waals surface area (Å²) in [6.45, 7) is 4.89. The molecule has 0 radical (unpaired) electrons. The van der Waals surface area contributed by atoms with Crippen molar-refractivity contribution in [2.75, 3.05) is 65.4 Å². The van der Waals surface area contributed by atoms with Crippen LogP contribution < -0.4 is 20.3 Å². The molecule has 210 valence electrons. The first-order valence-electron chi connectivity index (χ1n) is 13.8. The highest BCUT2D eigenvalue weighted by Gasteiger charge is 2.31. The van der Waals surface area contributed by atoms with Gasteiger partial charge in [0, 0.05) is 76.4 Å². The second-order valence-electron chi connectivity index (χ2n) is 10.8. The molecule has 2 bridgehead atoms. The van der Waals surface area contributed by atoms with E-state index in [1.54, 1.807) is 12.4 Å². The van der Waals surface area contributed by atoms with Gasteiger partial charge in [0.15, 0.2) is 0 Å². The molecule has 4 rings (SSSR count). The normalized spacial score (nSPS) is 20.6. The van der Waals surface area contributed by atoms with Gasteiger partial charge >= 0.3 is 0 Å². The number of carbonyl (C=O) groups excluding carboxylic acids is 2. The van der Waals surface area contributed by atoms with Gasteiger partial charge in [0.25, 0.3) is 0 Å². The highest BCUT2D eigenvalue weighted by Crippen LogP contribution is 2.29. The zero-order chi connectivity index (χ0) is 27.6. The number of aromatic nitrogens is 1. The molecule has 2 N–H and O–H groups in total. The van der Waals surface area contributed by atoms with Crippen LogP contribution in [0.25, 0.3) is 0 Å². The Kier molecular flexibility index (Phi) is 10.3. The maximum absolute atomic E-state index is 13.1. The van der Waals surface area contributed by atoms with Crippen LogP contribution in [0.15, 0.2) is 54.9 Å². The highest BCUT2D eigenvalue weighted by atomic mass is 16.5. The standard InChI is InChI=1S/C30H42N6O3/c1-34(2)13-14-35(3)27-8-9-28-26(16-27)20-32-21-30(38)36-12-10-24(25(22-36)7-5-15-39-28)17-29(37)33-19-23-6-4-11-31-18-23/h4-9,11,16,18,24-25,32H,10,12-15,17,19-22H2,1-3H3,(H,33,37)/b7-5+/t24-,25-/m0/s1. The van der Waals surface area contributed by atoms with Crippen LogP contribution >= 0.6 is 0 Å². The van der Waals surface area contributed by atoms with E-state index in [9.17, 15) is 9.59 Å². The third kappa shape index (κ3) is 8.53. The summed E-state index contributed by atoms with van der Waals surface area (Å²) in [7, 11) is 6.24. The van der Waals surface area contributed by atoms with Crippen LogP contribution in [-0.4, -0.2) is 87.1 Å². The maximum Gasteiger partial charge on any atom is 0.236 e. The summed E-state index contributed by atoms with van der Waals surface area (Å²) in [5, 5.41) is 6.36. The van der Waals surface area contributed by atoms with Crippen molar-refractivity contribution in [2.45, 2.75) is 25.9 Å². The molecule has 0 spiro atoms. The number of benzene rings is 1. The molecule has 2 aliphatic rings. The fourth-order valence-electron chi connectivity index (χ4n) is 5.09. The number of amides is 2. The van der Waals surface area contributed by atoms with E-state index in [1.807, 2.05) is 29.2 Å². The first-order chi connectivity index (χ1) is 18.9. The van der Waals surface area contributed by atoms with Crippen LogP contribution in [0.2, 0.25) is 0 Å². The lowest BCUT2D eigenvalue weighted by molar-refractivity contribution is -0.132. The van der Waals surface area contributed by atoms with Crippen molar-refractivity contribution in [1.82, 2.24) is 25.4 Å². The number of ether oxygens (including phenoxy) is 1. The third-order valence-electron chi connectivity index (χ3n) is 7.50. The van der Waals surface area contributed by atoms with Crippen molar-refractivity contribution in [3.63, 3.8) is 0 Å². The molecule has 9 heteroatoms. The molecule has 9 nitrogen and oxygen atoms in total. The summed E-state index contributed by atoms with van der Waals surface area (Å²) in [6, 6.07) is 10.1. The van der Waals surface area contributed by atoms with Crippen molar-refractivity contribution < 1.29 is 14.3 Å². The monoisotopic (exact) mass is 534 g/mol. The van der Waals surface area contributed by atoms with E-state index < -0.39 is 0 Å². The van der Waals surface area contributed by atoms with Crippen molar-refractivity contribution in [2.24, 2.45) is 11.8 Å². The topological polar surface area (TPSA) is 90.0 Å². The number of hydrogen-bond acceptors (Lipinski definition) is 7. The first-order valence-corrected chi connectivity index (χ1v) is 13.8. The summed E-state index contributed by atoms with van der Waals surface area (Å²) in [4.78, 5) is 36.2. The Labute approximate surface area is 232 Å². The van der Waals surface area contributed by atoms with Crippen molar-refractivity contribution in [3.05, 3.63) is 66.0 Å². The van der Waals surface area contributed by atoms with E-state index in [-0.39, 0.29) is 30.2 Å². The van der Waals surface area contributed by atoms with Gasteiger partial charge in [-0.3, -0.25) is 14.6 Å². The van der Waals surface area contributed by atoms with Gasteiger partial charge < -0.3 is 30.1 Å². The summed E-state index contributed by atoms with van der Waals surface area (Å²) in [5.74, 6) is 1.21. The zero-order valence-electron chi connectivity index (χ0n) is 23.4. The van der Waals surface area contributed by atoms with Crippen molar-refractivity contribution in [3.8, 4) is 5.75 Å². The molecule has 2 aliphatic heterocycles. The molecular weight excluding hydrogens is 492 g/mol. The molecule has 1 aromatic heterocycles. The zero-order valence-corrected chi connectivity index (χ0v) is 23.4. The van der Waals surface area contributed by atoms with Gasteiger partial charge in [-0.15, -0.1) is 0 Å². The van der Waals surface area contributed by atoms with Crippen molar-refractivity contribution >= 4 is 17.5 Å². The Balaban J connectivity index is 1.41. The van der Waals surface area contributed by atoms with Crippen LogP contribution in [0, 0.1) is 11.8 Å². The Bertz CT molecular complexity index is 1120. The number of pyridine rings is 1. The second-order valence-corrected chi connectivity index (χ2v) is 10.8. The molecule has 0 aliphatic carbocycles. The molecule has 39 heavy (non-hydrogen) atoms. The average molecular weight is 535 g/mol. The molecule has 3 heterocycles. The van der Waals surface area contributed by atoms with E-state index in [0.29, 0.717) is 39.2 Å². The lowest BCUT2D eigenvalue weighted by Crippen LogP contribution is -2.47. The van der Waals surface area contributed by atoms with Gasteiger partial charge in [0.05, 0.1) is 6.54 Å². The van der Waals surface area contributed by atoms with Crippen LogP contribution in [-0.2, 0) is 22.7 Å². The lowest BCUT2D eigenvalue weighted by atomic mass is 9.82. The number of fused-ring (bicyclic) bond motifs is 3. The Hall–Kier alpha value is -3.43. The van der Waals surface area contributed by atoms with Crippen LogP contribution in [0.3, 0.4) is 0 Å². The quantitative estimate of drug-likeness (QED) is 0.503. The van der Waals surface area contributed by atoms with Gasteiger partial charge in [-0.05, 0) is 62.2 Å². The predicted molar refractivity (Wildman–Crippen MR) is 153 cm³/mol. The van der Waals surface area contributed by atoms with Gasteiger partial charge in [-0.1, -0.05) is 18.2 Å². The number of anilines is 1. The van der Waals surface area contributed by atoms with Gasteiger partial charge in [0.1, 0.15) is 12.4 Å². The number of hydrogen-bond donors (Lipinski definition) is 2. The Morgan fingerprint density at radius 2 is 2.08 bits per heavy atom. The minimum Gasteiger partial charge on any atom is -0.489 e. The van der Waals surface area contributed by atoms with E-state index in [2.05, 4.69) is 64.8 Å². The minimum absolute atomic E-state index is 0.0261. The maximum atomic E-state index is 13.1. The number of carbonyl (C=O) groups is 2. The van der Waals surface area contributed by atoms with Crippen LogP contribution in [0.5, 0.6) is 5.75 Å². The summed E-state index contributed by atoms with van der Waals surface area (Å²) >= 11 is 0. The summed E-state index contributed by atoms with van der Waals surface area (Å²) < 4.78 is 6.17. The minimum atomic E-state index is 0.0261. The Morgan fingerprint density at radius 3 is 2.87 bits per heavy atom. The molecule has 1 fully saturated rings. The van der Waals surface area contributed by atoms with Crippen molar-refractivity contribution in [1.29, 1.82) is 0 Å². The van der Waals surface area contributed by atoms with Gasteiger partial charge in [-0.25, -0.2) is 0 Å². The first kappa shape index (κ1) is 28.6. The average Bonchev–Trinajstić information content (AvgIpc) is 2.95. The van der Waals surface area contributed by atoms with E-state index in [0.717, 1.165) is 42.1 Å². The van der Waals surface area contributed by atoms with E-state index in [1.165, 1.54) is 0 Å². The predicted octanol–water partition coefficient (Wildman–Crippen LogP) is 2.29. The lowest BCUT2D eigenvalue weighted by Gasteiger charge is -2.37. The molecule has 0 unspecified atom stereocenters. The molecule has 2 amide bonds. The fourth-order valence-corrected chi connectivity index (χ4v) is 5.09. The van der Waals surface area contributed by atoms with E-state index >= 15 is 0 Å². The molecule has 0 saturated carbocycles. The molecule has 1 saturated heterocycles. The molecule has 1 aromatic carbocycles. The van der Waals surface area contributed by atoms with Crippen LogP contribution in [0.4, 0.5) is 5.69 Å². The number of nitrogens with zero attached hydrogens (tertiary/aromatic N) is 4. The number of rotatable bonds is 8. The van der Waals surface area contributed by atoms with Gasteiger partial charge in [0.2, 0.25) is 11.8 Å². The summed E-state index contributed by atoms with van der Waals surface area (Å²) in [6.07, 6.45) is 8.88. The van der Waals surface area contributed by atoms with Crippen LogP contribution in [0.1, 0.15) is 24.0 Å². The highest BCUT2D eigenvalue weighted by molar-refractivity contribution is 5.79. The molecular formula is C30H42N6O3. The molecule has 2 aromatic rings. The second kappa shape index (κ2) is 14.1. The number of likely N-dealkylation sites (N-methyl/N-ethyl adjacent to an activating group) is 2. The fraction of sp³-hybridized carbons (Fsp3) is 0.500.